The fourth-order valence-electron chi connectivity index (χ4n) is 2.49. The average molecular weight is 249 g/mol. The largest absolute Gasteiger partial charge is 0.347 e. The Morgan fingerprint density at radius 3 is 2.42 bits per heavy atom. The van der Waals surface area contributed by atoms with E-state index in [1.807, 2.05) is 36.4 Å². The molecule has 19 heavy (non-hydrogen) atoms. The highest BCUT2D eigenvalue weighted by Crippen LogP contribution is 2.33. The molecule has 0 amide bonds. The average Bonchev–Trinajstić information content (AvgIpc) is 3.01. The van der Waals surface area contributed by atoms with Gasteiger partial charge in [-0.25, -0.2) is 0 Å². The van der Waals surface area contributed by atoms with Crippen LogP contribution in [0.5, 0.6) is 0 Å². The quantitative estimate of drug-likeness (QED) is 0.769. The van der Waals surface area contributed by atoms with Crippen LogP contribution in [0.25, 0.3) is 11.1 Å². The molecule has 1 aliphatic rings. The Kier molecular flexibility index (Phi) is 3.15. The number of aldehydes is 1. The van der Waals surface area contributed by atoms with E-state index in [4.69, 9.17) is 0 Å². The van der Waals surface area contributed by atoms with Gasteiger partial charge >= 0.3 is 0 Å². The summed E-state index contributed by atoms with van der Waals surface area (Å²) in [4.78, 5) is 13.4. The van der Waals surface area contributed by atoms with Gasteiger partial charge in [-0.3, -0.25) is 4.79 Å². The molecule has 0 unspecified atom stereocenters. The lowest BCUT2D eigenvalue weighted by atomic mass is 9.98. The fraction of sp³-hybridized carbons (Fsp3) is 0.118. The molecule has 0 fully saturated rings. The minimum Gasteiger partial charge on any atom is -0.347 e. The summed E-state index contributed by atoms with van der Waals surface area (Å²) >= 11 is 0. The van der Waals surface area contributed by atoms with Gasteiger partial charge in [0.25, 0.3) is 0 Å². The van der Waals surface area contributed by atoms with Gasteiger partial charge in [-0.05, 0) is 18.1 Å². The third-order valence-corrected chi connectivity index (χ3v) is 3.41. The summed E-state index contributed by atoms with van der Waals surface area (Å²) in [5.41, 5.74) is 3.99. The van der Waals surface area contributed by atoms with Crippen LogP contribution < -0.4 is 4.90 Å². The second kappa shape index (κ2) is 5.11. The molecule has 2 heteroatoms. The number of nitrogens with zero attached hydrogens (tertiary/aromatic N) is 1. The smallest absolute Gasteiger partial charge is 0.150 e. The zero-order valence-corrected chi connectivity index (χ0v) is 10.6. The molecule has 0 saturated carbocycles. The normalized spacial score (nSPS) is 13.8. The van der Waals surface area contributed by atoms with Gasteiger partial charge in [0.15, 0.2) is 6.29 Å². The number of hydrogen-bond acceptors (Lipinski definition) is 2. The van der Waals surface area contributed by atoms with Crippen LogP contribution >= 0.6 is 0 Å². The Morgan fingerprint density at radius 2 is 1.68 bits per heavy atom. The molecule has 94 valence electrons. The molecule has 2 aromatic carbocycles. The summed E-state index contributed by atoms with van der Waals surface area (Å²) in [6.45, 7) is 1.00. The zero-order valence-electron chi connectivity index (χ0n) is 10.6. The van der Waals surface area contributed by atoms with E-state index >= 15 is 0 Å². The molecular weight excluding hydrogens is 234 g/mol. The van der Waals surface area contributed by atoms with Crippen molar-refractivity contribution in [3.8, 4) is 11.1 Å². The van der Waals surface area contributed by atoms with Gasteiger partial charge in [0.1, 0.15) is 0 Å². The number of anilines is 1. The van der Waals surface area contributed by atoms with E-state index in [2.05, 4.69) is 29.3 Å². The van der Waals surface area contributed by atoms with E-state index in [-0.39, 0.29) is 0 Å². The molecule has 1 aliphatic heterocycles. The second-order valence-corrected chi connectivity index (χ2v) is 4.59. The zero-order chi connectivity index (χ0) is 13.1. The predicted molar refractivity (Wildman–Crippen MR) is 78.4 cm³/mol. The first-order chi connectivity index (χ1) is 9.40. The lowest BCUT2D eigenvalue weighted by molar-refractivity contribution is 0.112. The Bertz CT molecular complexity index is 631. The topological polar surface area (TPSA) is 20.3 Å². The van der Waals surface area contributed by atoms with Crippen molar-refractivity contribution in [2.24, 2.45) is 0 Å². The summed E-state index contributed by atoms with van der Waals surface area (Å²) in [7, 11) is 0. The van der Waals surface area contributed by atoms with E-state index in [0.29, 0.717) is 0 Å². The number of carbonyl (C=O) groups excluding carboxylic acids is 1. The van der Waals surface area contributed by atoms with Crippen molar-refractivity contribution in [3.63, 3.8) is 0 Å². The van der Waals surface area contributed by atoms with E-state index < -0.39 is 0 Å². The Balaban J connectivity index is 2.14. The third-order valence-electron chi connectivity index (χ3n) is 3.41. The van der Waals surface area contributed by atoms with Gasteiger partial charge in [-0.15, -0.1) is 0 Å². The first kappa shape index (κ1) is 11.7. The maximum atomic E-state index is 11.2. The SMILES string of the molecule is O=Cc1ccccc1-c1ccccc1N1C=CCC1. The maximum Gasteiger partial charge on any atom is 0.150 e. The first-order valence-corrected chi connectivity index (χ1v) is 6.47. The highest BCUT2D eigenvalue weighted by atomic mass is 16.1. The van der Waals surface area contributed by atoms with Crippen molar-refractivity contribution in [3.05, 3.63) is 66.4 Å². The standard InChI is InChI=1S/C17H15NO/c19-13-14-7-1-2-8-15(14)16-9-3-4-10-17(16)18-11-5-6-12-18/h1-5,7-11,13H,6,12H2. The third kappa shape index (κ3) is 2.17. The van der Waals surface area contributed by atoms with Crippen LogP contribution in [0, 0.1) is 0 Å². The van der Waals surface area contributed by atoms with Crippen molar-refractivity contribution >= 4 is 12.0 Å². The number of para-hydroxylation sites is 1. The van der Waals surface area contributed by atoms with Crippen molar-refractivity contribution in [1.82, 2.24) is 0 Å². The van der Waals surface area contributed by atoms with E-state index in [1.165, 1.54) is 0 Å². The molecule has 0 bridgehead atoms. The molecule has 0 aliphatic carbocycles. The minimum absolute atomic E-state index is 0.734. The summed E-state index contributed by atoms with van der Waals surface area (Å²) in [5.74, 6) is 0. The van der Waals surface area contributed by atoms with Crippen molar-refractivity contribution < 1.29 is 4.79 Å². The van der Waals surface area contributed by atoms with Crippen LogP contribution in [0.2, 0.25) is 0 Å². The Morgan fingerprint density at radius 1 is 0.947 bits per heavy atom. The molecule has 2 nitrogen and oxygen atoms in total. The van der Waals surface area contributed by atoms with Gasteiger partial charge in [0.05, 0.1) is 0 Å². The van der Waals surface area contributed by atoms with Crippen LogP contribution in [0.3, 0.4) is 0 Å². The molecule has 0 aromatic heterocycles. The summed E-state index contributed by atoms with van der Waals surface area (Å²) in [6, 6.07) is 16.0. The monoisotopic (exact) mass is 249 g/mol. The molecule has 0 atom stereocenters. The highest BCUT2D eigenvalue weighted by molar-refractivity contribution is 5.92. The summed E-state index contributed by atoms with van der Waals surface area (Å²) in [6.07, 6.45) is 6.28. The molecule has 0 N–H and O–H groups in total. The van der Waals surface area contributed by atoms with E-state index in [9.17, 15) is 4.79 Å². The van der Waals surface area contributed by atoms with Crippen molar-refractivity contribution in [2.45, 2.75) is 6.42 Å². The number of hydrogen-bond donors (Lipinski definition) is 0. The first-order valence-electron chi connectivity index (χ1n) is 6.47. The number of rotatable bonds is 3. The van der Waals surface area contributed by atoms with Gasteiger partial charge in [0.2, 0.25) is 0 Å². The van der Waals surface area contributed by atoms with Crippen LogP contribution in [-0.2, 0) is 0 Å². The highest BCUT2D eigenvalue weighted by Gasteiger charge is 2.14. The van der Waals surface area contributed by atoms with Crippen molar-refractivity contribution in [2.75, 3.05) is 11.4 Å². The predicted octanol–water partition coefficient (Wildman–Crippen LogP) is 3.89. The lowest BCUT2D eigenvalue weighted by Crippen LogP contribution is -2.13. The molecule has 2 aromatic rings. The van der Waals surface area contributed by atoms with Crippen LogP contribution in [0.4, 0.5) is 5.69 Å². The Hall–Kier alpha value is -2.35. The lowest BCUT2D eigenvalue weighted by Gasteiger charge is -2.20. The maximum absolute atomic E-state index is 11.2. The second-order valence-electron chi connectivity index (χ2n) is 4.59. The van der Waals surface area contributed by atoms with E-state index in [1.54, 1.807) is 0 Å². The fourth-order valence-corrected chi connectivity index (χ4v) is 2.49. The van der Waals surface area contributed by atoms with Gasteiger partial charge in [-0.1, -0.05) is 48.5 Å². The van der Waals surface area contributed by atoms with Gasteiger partial charge < -0.3 is 4.90 Å². The molecular formula is C17H15NO. The van der Waals surface area contributed by atoms with Gasteiger partial charge in [-0.2, -0.15) is 0 Å². The molecule has 0 spiro atoms. The molecule has 0 radical (unpaired) electrons. The van der Waals surface area contributed by atoms with E-state index in [0.717, 1.165) is 41.6 Å². The number of carbonyl (C=O) groups is 1. The van der Waals surface area contributed by atoms with Crippen LogP contribution in [-0.4, -0.2) is 12.8 Å². The summed E-state index contributed by atoms with van der Waals surface area (Å²) in [5, 5.41) is 0. The van der Waals surface area contributed by atoms with Crippen molar-refractivity contribution in [1.29, 1.82) is 0 Å². The van der Waals surface area contributed by atoms with Crippen LogP contribution in [0.1, 0.15) is 16.8 Å². The Labute approximate surface area is 113 Å². The molecule has 3 rings (SSSR count). The summed E-state index contributed by atoms with van der Waals surface area (Å²) < 4.78 is 0. The van der Waals surface area contributed by atoms with Crippen LogP contribution in [0.15, 0.2) is 60.8 Å². The number of benzene rings is 2. The molecule has 0 saturated heterocycles. The van der Waals surface area contributed by atoms with Gasteiger partial charge in [0, 0.05) is 29.6 Å². The molecule has 1 heterocycles. The minimum atomic E-state index is 0.734.